The molecule has 154 valence electrons. The molecule has 0 amide bonds. The molecule has 5 N–H and O–H groups in total. The minimum absolute atomic E-state index is 0.170. The highest BCUT2D eigenvalue weighted by molar-refractivity contribution is 7.50. The van der Waals surface area contributed by atoms with Crippen LogP contribution in [0.15, 0.2) is 12.7 Å². The minimum atomic E-state index is -4.07. The molecule has 2 aromatic heterocycles. The molecule has 28 heavy (non-hydrogen) atoms. The molecular weight excluding hydrogens is 395 g/mol. The number of nitrogens with two attached hydrogens (primary N) is 1. The summed E-state index contributed by atoms with van der Waals surface area (Å²) >= 11 is 0. The van der Waals surface area contributed by atoms with Crippen LogP contribution < -0.4 is 5.73 Å². The summed E-state index contributed by atoms with van der Waals surface area (Å²) in [7, 11) is -4.07. The molecule has 2 saturated heterocycles. The van der Waals surface area contributed by atoms with E-state index in [9.17, 15) is 19.7 Å². The SMILES string of the molecule is Nc1ncnc2c1ncn2[C@@H]1O[C@H](COP(=O)(O)N2CCOCC2)[C@H](O)[C@@H]1O. The van der Waals surface area contributed by atoms with Crippen molar-refractivity contribution in [1.29, 1.82) is 0 Å². The summed E-state index contributed by atoms with van der Waals surface area (Å²) in [6, 6.07) is 0. The summed E-state index contributed by atoms with van der Waals surface area (Å²) in [6.45, 7) is 0.792. The number of aliphatic hydroxyl groups excluding tert-OH is 2. The van der Waals surface area contributed by atoms with Crippen molar-refractivity contribution in [2.75, 3.05) is 38.6 Å². The second-order valence-electron chi connectivity index (χ2n) is 6.48. The summed E-state index contributed by atoms with van der Waals surface area (Å²) < 4.78 is 31.1. The van der Waals surface area contributed by atoms with E-state index in [4.69, 9.17) is 19.7 Å². The second-order valence-corrected chi connectivity index (χ2v) is 8.29. The first-order chi connectivity index (χ1) is 13.4. The standard InChI is InChI=1S/C14H21N6O7P/c15-12-9-13(17-6-16-12)20(7-18-9)14-11(22)10(21)8(27-14)5-26-28(23,24)19-1-3-25-4-2-19/h6-8,10-11,14,21-22H,1-5H2,(H,23,24)(H2,15,16,17)/t8-,10+,11+,14-/m1/s1. The number of nitrogens with zero attached hydrogens (tertiary/aromatic N) is 5. The van der Waals surface area contributed by atoms with Crippen molar-refractivity contribution in [3.05, 3.63) is 12.7 Å². The van der Waals surface area contributed by atoms with Gasteiger partial charge in [-0.2, -0.15) is 0 Å². The lowest BCUT2D eigenvalue weighted by molar-refractivity contribution is -0.0507. The quantitative estimate of drug-likeness (QED) is 0.414. The molecule has 0 aliphatic carbocycles. The first kappa shape index (κ1) is 19.6. The van der Waals surface area contributed by atoms with Crippen LogP contribution in [-0.4, -0.2) is 90.5 Å². The highest BCUT2D eigenvalue weighted by atomic mass is 31.2. The number of imidazole rings is 1. The first-order valence-electron chi connectivity index (χ1n) is 8.63. The summed E-state index contributed by atoms with van der Waals surface area (Å²) in [5.41, 5.74) is 6.41. The van der Waals surface area contributed by atoms with Gasteiger partial charge in [0.25, 0.3) is 0 Å². The van der Waals surface area contributed by atoms with E-state index in [0.717, 1.165) is 0 Å². The Labute approximate surface area is 159 Å². The number of hydrogen-bond acceptors (Lipinski definition) is 10. The van der Waals surface area contributed by atoms with Gasteiger partial charge in [0.1, 0.15) is 30.2 Å². The molecule has 0 saturated carbocycles. The molecule has 0 bridgehead atoms. The van der Waals surface area contributed by atoms with Crippen LogP contribution >= 0.6 is 7.75 Å². The number of morpholine rings is 1. The van der Waals surface area contributed by atoms with Crippen molar-refractivity contribution in [1.82, 2.24) is 24.2 Å². The molecule has 0 spiro atoms. The summed E-state index contributed by atoms with van der Waals surface area (Å²) in [5, 5.41) is 20.7. The highest BCUT2D eigenvalue weighted by Crippen LogP contribution is 2.47. The van der Waals surface area contributed by atoms with Crippen LogP contribution in [0.5, 0.6) is 0 Å². The number of ether oxygens (including phenoxy) is 2. The molecule has 2 aromatic rings. The summed E-state index contributed by atoms with van der Waals surface area (Å²) in [5.74, 6) is 0.170. The third-order valence-electron chi connectivity index (χ3n) is 4.75. The Morgan fingerprint density at radius 2 is 2.00 bits per heavy atom. The van der Waals surface area contributed by atoms with Crippen molar-refractivity contribution >= 4 is 24.7 Å². The Balaban J connectivity index is 1.47. The predicted octanol–water partition coefficient (Wildman–Crippen LogP) is -1.52. The topological polar surface area (TPSA) is 178 Å². The van der Waals surface area contributed by atoms with Crippen LogP contribution in [0, 0.1) is 0 Å². The molecule has 2 aliphatic rings. The van der Waals surface area contributed by atoms with Crippen LogP contribution in [0.25, 0.3) is 11.2 Å². The summed E-state index contributed by atoms with van der Waals surface area (Å²) in [6.07, 6.45) is -2.11. The molecule has 13 nitrogen and oxygen atoms in total. The molecule has 4 rings (SSSR count). The van der Waals surface area contributed by atoms with Gasteiger partial charge in [0.2, 0.25) is 0 Å². The summed E-state index contributed by atoms with van der Waals surface area (Å²) in [4.78, 5) is 22.2. The molecule has 14 heteroatoms. The Bertz CT molecular complexity index is 890. The number of hydrogen-bond donors (Lipinski definition) is 4. The third-order valence-corrected chi connectivity index (χ3v) is 6.35. The highest BCUT2D eigenvalue weighted by Gasteiger charge is 2.45. The maximum atomic E-state index is 12.4. The van der Waals surface area contributed by atoms with Gasteiger partial charge in [0, 0.05) is 13.1 Å². The van der Waals surface area contributed by atoms with Gasteiger partial charge in [-0.15, -0.1) is 0 Å². The Hall–Kier alpha value is -1.70. The maximum Gasteiger partial charge on any atom is 0.405 e. The van der Waals surface area contributed by atoms with E-state index in [2.05, 4.69) is 15.0 Å². The molecule has 2 aliphatic heterocycles. The normalized spacial score (nSPS) is 31.2. The Morgan fingerprint density at radius 3 is 2.75 bits per heavy atom. The van der Waals surface area contributed by atoms with Gasteiger partial charge in [0.05, 0.1) is 26.1 Å². The van der Waals surface area contributed by atoms with E-state index < -0.39 is 32.3 Å². The zero-order chi connectivity index (χ0) is 19.9. The van der Waals surface area contributed by atoms with Crippen LogP contribution in [-0.2, 0) is 18.6 Å². The largest absolute Gasteiger partial charge is 0.405 e. The average molecular weight is 416 g/mol. The van der Waals surface area contributed by atoms with Crippen LogP contribution in [0.2, 0.25) is 0 Å². The Morgan fingerprint density at radius 1 is 1.25 bits per heavy atom. The first-order valence-corrected chi connectivity index (χ1v) is 10.2. The predicted molar refractivity (Wildman–Crippen MR) is 93.8 cm³/mol. The van der Waals surface area contributed by atoms with E-state index in [0.29, 0.717) is 24.4 Å². The van der Waals surface area contributed by atoms with Crippen LogP contribution in [0.1, 0.15) is 6.23 Å². The molecule has 2 fully saturated rings. The van der Waals surface area contributed by atoms with E-state index in [1.165, 1.54) is 21.9 Å². The van der Waals surface area contributed by atoms with Crippen molar-refractivity contribution in [3.63, 3.8) is 0 Å². The number of anilines is 1. The van der Waals surface area contributed by atoms with E-state index in [1.54, 1.807) is 0 Å². The fraction of sp³-hybridized carbons (Fsp3) is 0.643. The van der Waals surface area contributed by atoms with Gasteiger partial charge in [-0.3, -0.25) is 9.09 Å². The Kier molecular flexibility index (Phi) is 5.33. The van der Waals surface area contributed by atoms with Gasteiger partial charge in [0.15, 0.2) is 17.7 Å². The van der Waals surface area contributed by atoms with E-state index >= 15 is 0 Å². The fourth-order valence-electron chi connectivity index (χ4n) is 3.21. The van der Waals surface area contributed by atoms with Crippen molar-refractivity contribution in [2.45, 2.75) is 24.5 Å². The lowest BCUT2D eigenvalue weighted by atomic mass is 10.1. The fourth-order valence-corrected chi connectivity index (χ4v) is 4.38. The molecular formula is C14H21N6O7P. The van der Waals surface area contributed by atoms with Crippen molar-refractivity contribution in [2.24, 2.45) is 0 Å². The zero-order valence-corrected chi connectivity index (χ0v) is 15.6. The van der Waals surface area contributed by atoms with Crippen molar-refractivity contribution < 1.29 is 33.7 Å². The minimum Gasteiger partial charge on any atom is -0.387 e. The lowest BCUT2D eigenvalue weighted by Crippen LogP contribution is -2.36. The molecule has 5 atom stereocenters. The smallest absolute Gasteiger partial charge is 0.387 e. The number of aromatic nitrogens is 4. The molecule has 0 radical (unpaired) electrons. The van der Waals surface area contributed by atoms with Crippen molar-refractivity contribution in [3.8, 4) is 0 Å². The molecule has 1 unspecified atom stereocenters. The average Bonchev–Trinajstić information content (AvgIpc) is 3.24. The monoisotopic (exact) mass is 416 g/mol. The van der Waals surface area contributed by atoms with Crippen LogP contribution in [0.4, 0.5) is 5.82 Å². The zero-order valence-electron chi connectivity index (χ0n) is 14.7. The lowest BCUT2D eigenvalue weighted by Gasteiger charge is -2.30. The number of aliphatic hydroxyl groups is 2. The maximum absolute atomic E-state index is 12.4. The van der Waals surface area contributed by atoms with Gasteiger partial charge in [-0.25, -0.2) is 24.2 Å². The van der Waals surface area contributed by atoms with Gasteiger partial charge < -0.3 is 30.3 Å². The van der Waals surface area contributed by atoms with Gasteiger partial charge in [-0.1, -0.05) is 0 Å². The molecule has 4 heterocycles. The van der Waals surface area contributed by atoms with E-state index in [-0.39, 0.29) is 25.5 Å². The second kappa shape index (κ2) is 7.61. The van der Waals surface area contributed by atoms with Gasteiger partial charge >= 0.3 is 7.75 Å². The molecule has 0 aromatic carbocycles. The van der Waals surface area contributed by atoms with E-state index in [1.807, 2.05) is 0 Å². The number of nitrogen functional groups attached to an aromatic ring is 1. The third kappa shape index (κ3) is 3.51. The van der Waals surface area contributed by atoms with Crippen LogP contribution in [0.3, 0.4) is 0 Å². The number of fused-ring (bicyclic) bond motifs is 1. The van der Waals surface area contributed by atoms with Gasteiger partial charge in [-0.05, 0) is 0 Å². The number of rotatable bonds is 5.